The van der Waals surface area contributed by atoms with Gasteiger partial charge in [-0.05, 0) is 53.1 Å². The average molecular weight is 322 g/mol. The molecule has 116 valence electrons. The SMILES string of the molecule is Cc1cc(NC(=O)C(=O)NCC(O)c2ccsc2)ccc1F. The summed E-state index contributed by atoms with van der Waals surface area (Å²) >= 11 is 1.43. The molecular weight excluding hydrogens is 307 g/mol. The fourth-order valence-electron chi connectivity index (χ4n) is 1.76. The highest BCUT2D eigenvalue weighted by atomic mass is 32.1. The van der Waals surface area contributed by atoms with Gasteiger partial charge in [0.2, 0.25) is 0 Å². The second-order valence-electron chi connectivity index (χ2n) is 4.70. The van der Waals surface area contributed by atoms with Crippen LogP contribution in [0.25, 0.3) is 0 Å². The minimum absolute atomic E-state index is 0.0641. The molecule has 0 saturated heterocycles. The number of thiophene rings is 1. The van der Waals surface area contributed by atoms with Crippen molar-refractivity contribution in [3.63, 3.8) is 0 Å². The van der Waals surface area contributed by atoms with E-state index < -0.39 is 17.9 Å². The van der Waals surface area contributed by atoms with Crippen molar-refractivity contribution in [1.29, 1.82) is 0 Å². The van der Waals surface area contributed by atoms with Gasteiger partial charge in [-0.15, -0.1) is 0 Å². The summed E-state index contributed by atoms with van der Waals surface area (Å²) in [4.78, 5) is 23.4. The van der Waals surface area contributed by atoms with Crippen LogP contribution in [0.15, 0.2) is 35.0 Å². The van der Waals surface area contributed by atoms with Crippen molar-refractivity contribution < 1.29 is 19.1 Å². The fraction of sp³-hybridized carbons (Fsp3) is 0.200. The van der Waals surface area contributed by atoms with Crippen LogP contribution in [0.1, 0.15) is 17.2 Å². The van der Waals surface area contributed by atoms with Gasteiger partial charge in [-0.3, -0.25) is 9.59 Å². The molecule has 0 spiro atoms. The molecule has 0 radical (unpaired) electrons. The van der Waals surface area contributed by atoms with Crippen molar-refractivity contribution >= 4 is 28.8 Å². The molecule has 5 nitrogen and oxygen atoms in total. The van der Waals surface area contributed by atoms with E-state index in [0.717, 1.165) is 0 Å². The number of anilines is 1. The van der Waals surface area contributed by atoms with Gasteiger partial charge in [0.05, 0.1) is 6.10 Å². The number of benzene rings is 1. The Kier molecular flexibility index (Phi) is 5.24. The molecule has 1 aromatic carbocycles. The maximum Gasteiger partial charge on any atom is 0.313 e. The molecule has 0 aliphatic rings. The Morgan fingerprint density at radius 1 is 1.32 bits per heavy atom. The largest absolute Gasteiger partial charge is 0.387 e. The highest BCUT2D eigenvalue weighted by molar-refractivity contribution is 7.07. The van der Waals surface area contributed by atoms with E-state index in [2.05, 4.69) is 10.6 Å². The molecule has 2 amide bonds. The van der Waals surface area contributed by atoms with Crippen molar-refractivity contribution in [2.45, 2.75) is 13.0 Å². The Hall–Kier alpha value is -2.25. The van der Waals surface area contributed by atoms with Crippen LogP contribution in [0.5, 0.6) is 0 Å². The molecule has 0 bridgehead atoms. The topological polar surface area (TPSA) is 78.4 Å². The van der Waals surface area contributed by atoms with Gasteiger partial charge >= 0.3 is 11.8 Å². The number of amides is 2. The Balaban J connectivity index is 1.86. The van der Waals surface area contributed by atoms with Gasteiger partial charge in [0.25, 0.3) is 0 Å². The lowest BCUT2D eigenvalue weighted by Gasteiger charge is -2.11. The summed E-state index contributed by atoms with van der Waals surface area (Å²) in [5.74, 6) is -2.12. The molecular formula is C15H15FN2O3S. The third-order valence-corrected chi connectivity index (χ3v) is 3.71. The summed E-state index contributed by atoms with van der Waals surface area (Å²) < 4.78 is 13.1. The smallest absolute Gasteiger partial charge is 0.313 e. The van der Waals surface area contributed by atoms with Crippen molar-refractivity contribution in [2.75, 3.05) is 11.9 Å². The monoisotopic (exact) mass is 322 g/mol. The van der Waals surface area contributed by atoms with Crippen LogP contribution in [0.2, 0.25) is 0 Å². The second-order valence-corrected chi connectivity index (χ2v) is 5.48. The first-order valence-electron chi connectivity index (χ1n) is 6.53. The maximum absolute atomic E-state index is 13.1. The minimum atomic E-state index is -0.872. The molecule has 1 unspecified atom stereocenters. The van der Waals surface area contributed by atoms with Crippen molar-refractivity contribution in [3.05, 3.63) is 52.0 Å². The van der Waals surface area contributed by atoms with Crippen LogP contribution in [-0.2, 0) is 9.59 Å². The number of halogens is 1. The van der Waals surface area contributed by atoms with E-state index in [-0.39, 0.29) is 12.4 Å². The zero-order valence-electron chi connectivity index (χ0n) is 11.8. The first-order chi connectivity index (χ1) is 10.5. The molecule has 1 aromatic heterocycles. The molecule has 0 aliphatic heterocycles. The van der Waals surface area contributed by atoms with E-state index >= 15 is 0 Å². The van der Waals surface area contributed by atoms with Crippen LogP contribution in [0.4, 0.5) is 10.1 Å². The third kappa shape index (κ3) is 4.12. The van der Waals surface area contributed by atoms with E-state index in [9.17, 15) is 19.1 Å². The van der Waals surface area contributed by atoms with Gasteiger partial charge in [-0.25, -0.2) is 4.39 Å². The Bertz CT molecular complexity index is 673. The molecule has 0 fully saturated rings. The number of hydrogen-bond donors (Lipinski definition) is 3. The Morgan fingerprint density at radius 3 is 2.73 bits per heavy atom. The maximum atomic E-state index is 13.1. The number of carbonyl (C=O) groups excluding carboxylic acids is 2. The minimum Gasteiger partial charge on any atom is -0.387 e. The predicted octanol–water partition coefficient (Wildman–Crippen LogP) is 1.98. The van der Waals surface area contributed by atoms with Crippen molar-refractivity contribution in [2.24, 2.45) is 0 Å². The lowest BCUT2D eigenvalue weighted by atomic mass is 10.2. The van der Waals surface area contributed by atoms with Crippen molar-refractivity contribution in [3.8, 4) is 0 Å². The highest BCUT2D eigenvalue weighted by Gasteiger charge is 2.16. The third-order valence-electron chi connectivity index (χ3n) is 3.01. The zero-order valence-corrected chi connectivity index (χ0v) is 12.6. The van der Waals surface area contributed by atoms with Gasteiger partial charge < -0.3 is 15.7 Å². The summed E-state index contributed by atoms with van der Waals surface area (Å²) in [5, 5.41) is 18.1. The zero-order chi connectivity index (χ0) is 16.1. The number of nitrogens with one attached hydrogen (secondary N) is 2. The fourth-order valence-corrected chi connectivity index (χ4v) is 2.47. The van der Waals surface area contributed by atoms with E-state index in [1.54, 1.807) is 18.4 Å². The molecule has 2 rings (SSSR count). The van der Waals surface area contributed by atoms with Crippen LogP contribution < -0.4 is 10.6 Å². The molecule has 3 N–H and O–H groups in total. The molecule has 2 aromatic rings. The number of aliphatic hydroxyl groups is 1. The molecule has 0 saturated carbocycles. The second kappa shape index (κ2) is 7.15. The van der Waals surface area contributed by atoms with Gasteiger partial charge in [-0.2, -0.15) is 11.3 Å². The van der Waals surface area contributed by atoms with E-state index in [1.807, 2.05) is 5.38 Å². The normalized spacial score (nSPS) is 11.8. The van der Waals surface area contributed by atoms with Crippen LogP contribution in [0.3, 0.4) is 0 Å². The van der Waals surface area contributed by atoms with E-state index in [1.165, 1.54) is 29.5 Å². The number of hydrogen-bond acceptors (Lipinski definition) is 4. The Labute approximate surface area is 130 Å². The number of aryl methyl sites for hydroxylation is 1. The first-order valence-corrected chi connectivity index (χ1v) is 7.47. The predicted molar refractivity (Wildman–Crippen MR) is 82.1 cm³/mol. The molecule has 22 heavy (non-hydrogen) atoms. The van der Waals surface area contributed by atoms with Crippen LogP contribution in [0, 0.1) is 12.7 Å². The van der Waals surface area contributed by atoms with Gasteiger partial charge in [-0.1, -0.05) is 0 Å². The average Bonchev–Trinajstić information content (AvgIpc) is 3.02. The first kappa shape index (κ1) is 16.1. The highest BCUT2D eigenvalue weighted by Crippen LogP contribution is 2.15. The lowest BCUT2D eigenvalue weighted by molar-refractivity contribution is -0.136. The van der Waals surface area contributed by atoms with Gasteiger partial charge in [0, 0.05) is 12.2 Å². The molecule has 1 heterocycles. The van der Waals surface area contributed by atoms with Gasteiger partial charge in [0.1, 0.15) is 5.82 Å². The summed E-state index contributed by atoms with van der Waals surface area (Å²) in [6.07, 6.45) is -0.865. The lowest BCUT2D eigenvalue weighted by Crippen LogP contribution is -2.37. The molecule has 1 atom stereocenters. The Morgan fingerprint density at radius 2 is 2.09 bits per heavy atom. The van der Waals surface area contributed by atoms with E-state index in [0.29, 0.717) is 16.8 Å². The number of rotatable bonds is 4. The summed E-state index contributed by atoms with van der Waals surface area (Å²) in [7, 11) is 0. The molecule has 0 aliphatic carbocycles. The number of carbonyl (C=O) groups is 2. The standard InChI is InChI=1S/C15H15FN2O3S/c1-9-6-11(2-3-12(9)16)18-15(21)14(20)17-7-13(19)10-4-5-22-8-10/h2-6,8,13,19H,7H2,1H3,(H,17,20)(H,18,21). The quantitative estimate of drug-likeness (QED) is 0.753. The molecule has 7 heteroatoms. The van der Waals surface area contributed by atoms with Gasteiger partial charge in [0.15, 0.2) is 0 Å². The van der Waals surface area contributed by atoms with Crippen molar-refractivity contribution in [1.82, 2.24) is 5.32 Å². The van der Waals surface area contributed by atoms with Crippen LogP contribution in [-0.4, -0.2) is 23.5 Å². The van der Waals surface area contributed by atoms with E-state index in [4.69, 9.17) is 0 Å². The summed E-state index contributed by atoms with van der Waals surface area (Å²) in [6.45, 7) is 1.49. The number of aliphatic hydroxyl groups excluding tert-OH is 1. The summed E-state index contributed by atoms with van der Waals surface area (Å²) in [5.41, 5.74) is 1.38. The summed E-state index contributed by atoms with van der Waals surface area (Å²) in [6, 6.07) is 5.75. The van der Waals surface area contributed by atoms with Crippen LogP contribution >= 0.6 is 11.3 Å².